The fourth-order valence-electron chi connectivity index (χ4n) is 4.65. The average molecular weight is 376 g/mol. The number of amides is 1. The minimum absolute atomic E-state index is 0.0930. The number of fused-ring (bicyclic) bond motifs is 1. The summed E-state index contributed by atoms with van der Waals surface area (Å²) in [5.74, 6) is -0.202. The maximum Gasteiger partial charge on any atom is 0.407 e. The van der Waals surface area contributed by atoms with Gasteiger partial charge in [-0.2, -0.15) is 0 Å². The van der Waals surface area contributed by atoms with Crippen LogP contribution in [0.3, 0.4) is 0 Å². The Morgan fingerprint density at radius 2 is 1.96 bits per heavy atom. The molecule has 2 aliphatic rings. The molecule has 3 rings (SSSR count). The normalized spacial score (nSPS) is 26.9. The Morgan fingerprint density at radius 3 is 2.48 bits per heavy atom. The number of carboxylic acid groups (broad SMARTS) is 1. The molecule has 1 aliphatic carbocycles. The molecule has 2 fully saturated rings. The molecule has 0 spiro atoms. The van der Waals surface area contributed by atoms with Gasteiger partial charge in [0.05, 0.1) is 17.1 Å². The van der Waals surface area contributed by atoms with Gasteiger partial charge in [0.1, 0.15) is 0 Å². The zero-order valence-electron chi connectivity index (χ0n) is 15.7. The van der Waals surface area contributed by atoms with Gasteiger partial charge >= 0.3 is 12.1 Å². The lowest BCUT2D eigenvalue weighted by Crippen LogP contribution is -2.56. The molecule has 1 aliphatic heterocycles. The van der Waals surface area contributed by atoms with Gasteiger partial charge < -0.3 is 14.7 Å². The van der Waals surface area contributed by atoms with Crippen molar-refractivity contribution in [1.82, 2.24) is 4.90 Å². The van der Waals surface area contributed by atoms with Crippen molar-refractivity contribution in [2.75, 3.05) is 13.2 Å². The fraction of sp³-hybridized carbons (Fsp3) is 0.579. The molecule has 1 amide bonds. The van der Waals surface area contributed by atoms with Gasteiger partial charge in [0.15, 0.2) is 0 Å². The topological polar surface area (TPSA) is 110 Å². The summed E-state index contributed by atoms with van der Waals surface area (Å²) in [6.45, 7) is 6.68. The number of carbonyl (C=O) groups is 2. The van der Waals surface area contributed by atoms with Crippen molar-refractivity contribution in [3.63, 3.8) is 0 Å². The molecule has 27 heavy (non-hydrogen) atoms. The quantitative estimate of drug-likeness (QED) is 0.489. The van der Waals surface area contributed by atoms with E-state index in [4.69, 9.17) is 4.74 Å². The van der Waals surface area contributed by atoms with Crippen LogP contribution in [0.25, 0.3) is 0 Å². The smallest absolute Gasteiger partial charge is 0.407 e. The zero-order chi connectivity index (χ0) is 20.0. The highest BCUT2D eigenvalue weighted by molar-refractivity contribution is 5.89. The van der Waals surface area contributed by atoms with Crippen molar-refractivity contribution in [1.29, 1.82) is 0 Å². The summed E-state index contributed by atoms with van der Waals surface area (Å²) in [7, 11) is 0. The Kier molecular flexibility index (Phi) is 4.61. The van der Waals surface area contributed by atoms with E-state index in [1.807, 2.05) is 20.8 Å². The summed E-state index contributed by atoms with van der Waals surface area (Å²) in [5.41, 5.74) is -0.490. The number of benzene rings is 1. The molecule has 1 saturated heterocycles. The number of hydrogen-bond donors (Lipinski definition) is 1. The van der Waals surface area contributed by atoms with Crippen LogP contribution in [0, 0.1) is 26.9 Å². The van der Waals surface area contributed by atoms with Gasteiger partial charge in [0.2, 0.25) is 0 Å². The van der Waals surface area contributed by atoms with E-state index in [0.717, 1.165) is 12.8 Å². The van der Waals surface area contributed by atoms with Gasteiger partial charge in [-0.3, -0.25) is 10.1 Å². The number of rotatable bonds is 4. The highest BCUT2D eigenvalue weighted by atomic mass is 16.6. The standard InChI is InChI=1S/C19H24N2O6/c1-18(2,3)16-19(10-13(19)8-9-20(16)17(23)24)11-27-15(22)12-4-6-14(7-5-12)21(25)26/h4-7,13,16H,8-11H2,1-3H3,(H,23,24). The predicted molar refractivity (Wildman–Crippen MR) is 96.5 cm³/mol. The molecule has 0 bridgehead atoms. The highest BCUT2D eigenvalue weighted by Gasteiger charge is 2.66. The van der Waals surface area contributed by atoms with E-state index >= 15 is 0 Å². The summed E-state index contributed by atoms with van der Waals surface area (Å²) in [4.78, 5) is 35.8. The van der Waals surface area contributed by atoms with Crippen LogP contribution < -0.4 is 0 Å². The molecule has 8 nitrogen and oxygen atoms in total. The lowest BCUT2D eigenvalue weighted by Gasteiger charge is -2.47. The van der Waals surface area contributed by atoms with Gasteiger partial charge in [-0.15, -0.1) is 0 Å². The van der Waals surface area contributed by atoms with Crippen molar-refractivity contribution in [3.8, 4) is 0 Å². The second kappa shape index (κ2) is 6.51. The zero-order valence-corrected chi connectivity index (χ0v) is 15.7. The summed E-state index contributed by atoms with van der Waals surface area (Å²) in [6.07, 6.45) is 0.668. The maximum atomic E-state index is 12.4. The average Bonchev–Trinajstić information content (AvgIpc) is 3.32. The van der Waals surface area contributed by atoms with Crippen LogP contribution in [0.15, 0.2) is 24.3 Å². The predicted octanol–water partition coefficient (Wildman–Crippen LogP) is 3.56. The number of ether oxygens (including phenoxy) is 1. The first-order valence-electron chi connectivity index (χ1n) is 8.97. The molecule has 146 valence electrons. The van der Waals surface area contributed by atoms with Crippen molar-refractivity contribution >= 4 is 17.7 Å². The van der Waals surface area contributed by atoms with Gasteiger partial charge in [0, 0.05) is 30.1 Å². The molecule has 8 heteroatoms. The Morgan fingerprint density at radius 1 is 1.33 bits per heavy atom. The number of hydrogen-bond acceptors (Lipinski definition) is 5. The Hall–Kier alpha value is -2.64. The highest BCUT2D eigenvalue weighted by Crippen LogP contribution is 2.64. The van der Waals surface area contributed by atoms with Crippen LogP contribution >= 0.6 is 0 Å². The molecule has 1 heterocycles. The number of non-ortho nitro benzene ring substituents is 1. The molecular formula is C19H24N2O6. The van der Waals surface area contributed by atoms with E-state index in [0.29, 0.717) is 12.5 Å². The minimum Gasteiger partial charge on any atom is -0.465 e. The third kappa shape index (κ3) is 3.48. The molecule has 1 aromatic rings. The number of piperidine rings is 1. The van der Waals surface area contributed by atoms with Gasteiger partial charge in [-0.25, -0.2) is 9.59 Å². The van der Waals surface area contributed by atoms with E-state index in [9.17, 15) is 24.8 Å². The lowest BCUT2D eigenvalue weighted by molar-refractivity contribution is -0.384. The van der Waals surface area contributed by atoms with Crippen LogP contribution in [-0.4, -0.2) is 46.2 Å². The van der Waals surface area contributed by atoms with Gasteiger partial charge in [0.25, 0.3) is 5.69 Å². The van der Waals surface area contributed by atoms with Crippen LogP contribution in [0.5, 0.6) is 0 Å². The first kappa shape index (κ1) is 19.1. The second-order valence-electron chi connectivity index (χ2n) is 8.55. The molecule has 0 aromatic heterocycles. The van der Waals surface area contributed by atoms with Crippen molar-refractivity contribution in [3.05, 3.63) is 39.9 Å². The van der Waals surface area contributed by atoms with Gasteiger partial charge in [-0.05, 0) is 36.3 Å². The minimum atomic E-state index is -0.943. The molecule has 1 saturated carbocycles. The summed E-state index contributed by atoms with van der Waals surface area (Å²) in [5, 5.41) is 20.3. The van der Waals surface area contributed by atoms with Crippen molar-refractivity contribution in [2.24, 2.45) is 16.7 Å². The summed E-state index contributed by atoms with van der Waals surface area (Å²) in [6, 6.07) is 5.03. The van der Waals surface area contributed by atoms with Crippen LogP contribution in [0.1, 0.15) is 44.0 Å². The van der Waals surface area contributed by atoms with Crippen molar-refractivity contribution in [2.45, 2.75) is 39.7 Å². The fourth-order valence-corrected chi connectivity index (χ4v) is 4.65. The summed E-state index contributed by atoms with van der Waals surface area (Å²) < 4.78 is 5.54. The Balaban J connectivity index is 1.75. The number of nitro groups is 1. The Labute approximate surface area is 157 Å². The first-order valence-corrected chi connectivity index (χ1v) is 8.97. The molecular weight excluding hydrogens is 352 g/mol. The molecule has 1 N–H and O–H groups in total. The van der Waals surface area contributed by atoms with Crippen LogP contribution in [0.2, 0.25) is 0 Å². The van der Waals surface area contributed by atoms with E-state index in [1.165, 1.54) is 29.2 Å². The second-order valence-corrected chi connectivity index (χ2v) is 8.55. The number of nitrogens with zero attached hydrogens (tertiary/aromatic N) is 2. The van der Waals surface area contributed by atoms with Crippen LogP contribution in [0.4, 0.5) is 10.5 Å². The Bertz CT molecular complexity index is 769. The van der Waals surface area contributed by atoms with Gasteiger partial charge in [-0.1, -0.05) is 20.8 Å². The molecule has 0 radical (unpaired) electrons. The van der Waals surface area contributed by atoms with E-state index in [-0.39, 0.29) is 34.7 Å². The summed E-state index contributed by atoms with van der Waals surface area (Å²) >= 11 is 0. The van der Waals surface area contributed by atoms with E-state index < -0.39 is 17.0 Å². The van der Waals surface area contributed by atoms with Crippen LogP contribution in [-0.2, 0) is 4.74 Å². The number of carbonyl (C=O) groups excluding carboxylic acids is 1. The molecule has 1 aromatic carbocycles. The number of nitro benzene ring substituents is 1. The lowest BCUT2D eigenvalue weighted by atomic mass is 9.73. The number of esters is 1. The largest absolute Gasteiger partial charge is 0.465 e. The van der Waals surface area contributed by atoms with Crippen molar-refractivity contribution < 1.29 is 24.4 Å². The molecule has 3 atom stereocenters. The number of likely N-dealkylation sites (tertiary alicyclic amines) is 1. The maximum absolute atomic E-state index is 12.4. The first-order chi connectivity index (χ1) is 12.6. The van der Waals surface area contributed by atoms with E-state index in [1.54, 1.807) is 0 Å². The third-order valence-corrected chi connectivity index (χ3v) is 5.71. The van der Waals surface area contributed by atoms with E-state index in [2.05, 4.69) is 0 Å². The SMILES string of the molecule is CC(C)(C)C1N(C(=O)O)CCC2CC21COC(=O)c1ccc([N+](=O)[O-])cc1. The monoisotopic (exact) mass is 376 g/mol. The molecule has 3 unspecified atom stereocenters. The third-order valence-electron chi connectivity index (χ3n) is 5.71.